The van der Waals surface area contributed by atoms with Gasteiger partial charge in [0.1, 0.15) is 5.69 Å². The molecule has 1 aliphatic carbocycles. The molecule has 0 bridgehead atoms. The van der Waals surface area contributed by atoms with Gasteiger partial charge in [-0.25, -0.2) is 9.97 Å². The Morgan fingerprint density at radius 1 is 1.23 bits per heavy atom. The van der Waals surface area contributed by atoms with E-state index in [0.29, 0.717) is 17.7 Å². The molecule has 0 atom stereocenters. The Morgan fingerprint density at radius 2 is 1.95 bits per heavy atom. The zero-order valence-corrected chi connectivity index (χ0v) is 13.8. The van der Waals surface area contributed by atoms with E-state index in [-0.39, 0.29) is 5.91 Å². The minimum atomic E-state index is -0.0732. The fraction of sp³-hybridized carbons (Fsp3) is 0.706. The molecule has 0 unspecified atom stereocenters. The third-order valence-corrected chi connectivity index (χ3v) is 4.09. The van der Waals surface area contributed by atoms with Crippen molar-refractivity contribution < 1.29 is 4.79 Å². The SMILES string of the molecule is CCCCNc1nc(C)cc(C(=O)NC2CCCCCC2)n1. The second-order valence-electron chi connectivity index (χ2n) is 6.16. The number of hydrogen-bond acceptors (Lipinski definition) is 4. The third-order valence-electron chi connectivity index (χ3n) is 4.09. The van der Waals surface area contributed by atoms with E-state index in [9.17, 15) is 4.79 Å². The molecule has 2 rings (SSSR count). The molecular formula is C17H28N4O. The Bertz CT molecular complexity index is 482. The summed E-state index contributed by atoms with van der Waals surface area (Å²) < 4.78 is 0. The van der Waals surface area contributed by atoms with Gasteiger partial charge in [0.25, 0.3) is 5.91 Å². The van der Waals surface area contributed by atoms with E-state index in [0.717, 1.165) is 37.9 Å². The highest BCUT2D eigenvalue weighted by Crippen LogP contribution is 2.17. The average Bonchev–Trinajstić information content (AvgIpc) is 2.75. The molecule has 1 aromatic rings. The summed E-state index contributed by atoms with van der Waals surface area (Å²) in [5.41, 5.74) is 1.29. The van der Waals surface area contributed by atoms with Crippen molar-refractivity contribution in [2.75, 3.05) is 11.9 Å². The highest BCUT2D eigenvalue weighted by atomic mass is 16.1. The summed E-state index contributed by atoms with van der Waals surface area (Å²) in [7, 11) is 0. The van der Waals surface area contributed by atoms with Gasteiger partial charge in [0, 0.05) is 18.3 Å². The van der Waals surface area contributed by atoms with Crippen molar-refractivity contribution in [1.82, 2.24) is 15.3 Å². The lowest BCUT2D eigenvalue weighted by molar-refractivity contribution is 0.0928. The smallest absolute Gasteiger partial charge is 0.270 e. The fourth-order valence-corrected chi connectivity index (χ4v) is 2.82. The summed E-state index contributed by atoms with van der Waals surface area (Å²) in [6.07, 6.45) is 9.33. The maximum absolute atomic E-state index is 12.4. The molecule has 1 fully saturated rings. The molecular weight excluding hydrogens is 276 g/mol. The molecule has 1 aromatic heterocycles. The van der Waals surface area contributed by atoms with Crippen molar-refractivity contribution in [2.45, 2.75) is 71.3 Å². The van der Waals surface area contributed by atoms with Crippen LogP contribution in [0.25, 0.3) is 0 Å². The number of nitrogens with one attached hydrogen (secondary N) is 2. The van der Waals surface area contributed by atoms with Crippen LogP contribution in [-0.2, 0) is 0 Å². The normalized spacial score (nSPS) is 16.1. The van der Waals surface area contributed by atoms with Gasteiger partial charge in [-0.15, -0.1) is 0 Å². The standard InChI is InChI=1S/C17H28N4O/c1-3-4-11-18-17-19-13(2)12-15(21-17)16(22)20-14-9-7-5-6-8-10-14/h12,14H,3-11H2,1-2H3,(H,20,22)(H,18,19,21). The van der Waals surface area contributed by atoms with Crippen LogP contribution in [0.5, 0.6) is 0 Å². The van der Waals surface area contributed by atoms with Gasteiger partial charge in [-0.3, -0.25) is 4.79 Å². The van der Waals surface area contributed by atoms with Crippen molar-refractivity contribution in [3.05, 3.63) is 17.5 Å². The number of anilines is 1. The average molecular weight is 304 g/mol. The molecule has 1 heterocycles. The summed E-state index contributed by atoms with van der Waals surface area (Å²) >= 11 is 0. The van der Waals surface area contributed by atoms with Crippen molar-refractivity contribution in [3.63, 3.8) is 0 Å². The first kappa shape index (κ1) is 16.7. The van der Waals surface area contributed by atoms with Crippen LogP contribution in [0.2, 0.25) is 0 Å². The summed E-state index contributed by atoms with van der Waals surface area (Å²) in [6, 6.07) is 2.05. The first-order valence-corrected chi connectivity index (χ1v) is 8.59. The molecule has 2 N–H and O–H groups in total. The van der Waals surface area contributed by atoms with Crippen LogP contribution in [0.1, 0.15) is 74.5 Å². The monoisotopic (exact) mass is 304 g/mol. The molecule has 0 radical (unpaired) electrons. The first-order chi connectivity index (χ1) is 10.7. The lowest BCUT2D eigenvalue weighted by atomic mass is 10.1. The van der Waals surface area contributed by atoms with E-state index in [4.69, 9.17) is 0 Å². The quantitative estimate of drug-likeness (QED) is 0.624. The number of carbonyl (C=O) groups is 1. The van der Waals surface area contributed by atoms with Gasteiger partial charge in [-0.05, 0) is 32.3 Å². The van der Waals surface area contributed by atoms with Crippen LogP contribution in [0.4, 0.5) is 5.95 Å². The summed E-state index contributed by atoms with van der Waals surface area (Å²) in [6.45, 7) is 4.88. The van der Waals surface area contributed by atoms with E-state index in [1.807, 2.05) is 6.92 Å². The molecule has 0 saturated heterocycles. The van der Waals surface area contributed by atoms with Crippen LogP contribution in [0, 0.1) is 6.92 Å². The number of nitrogens with zero attached hydrogens (tertiary/aromatic N) is 2. The topological polar surface area (TPSA) is 66.9 Å². The van der Waals surface area contributed by atoms with Crippen LogP contribution < -0.4 is 10.6 Å². The molecule has 5 heteroatoms. The Labute approximate surface area is 133 Å². The Kier molecular flexibility index (Phi) is 6.62. The van der Waals surface area contributed by atoms with Gasteiger partial charge in [0.15, 0.2) is 0 Å². The van der Waals surface area contributed by atoms with Gasteiger partial charge in [0.05, 0.1) is 0 Å². The summed E-state index contributed by atoms with van der Waals surface area (Å²) in [4.78, 5) is 21.1. The lowest BCUT2D eigenvalue weighted by Gasteiger charge is -2.16. The van der Waals surface area contributed by atoms with Crippen molar-refractivity contribution in [1.29, 1.82) is 0 Å². The highest BCUT2D eigenvalue weighted by Gasteiger charge is 2.17. The van der Waals surface area contributed by atoms with Crippen LogP contribution in [0.3, 0.4) is 0 Å². The first-order valence-electron chi connectivity index (χ1n) is 8.59. The van der Waals surface area contributed by atoms with Crippen molar-refractivity contribution in [3.8, 4) is 0 Å². The second-order valence-corrected chi connectivity index (χ2v) is 6.16. The van der Waals surface area contributed by atoms with Crippen LogP contribution in [-0.4, -0.2) is 28.5 Å². The third kappa shape index (κ3) is 5.28. The molecule has 22 heavy (non-hydrogen) atoms. The zero-order valence-electron chi connectivity index (χ0n) is 13.8. The van der Waals surface area contributed by atoms with E-state index in [2.05, 4.69) is 27.5 Å². The highest BCUT2D eigenvalue weighted by molar-refractivity contribution is 5.92. The number of unbranched alkanes of at least 4 members (excludes halogenated alkanes) is 1. The number of amides is 1. The maximum Gasteiger partial charge on any atom is 0.270 e. The largest absolute Gasteiger partial charge is 0.354 e. The molecule has 0 aromatic carbocycles. The molecule has 0 aliphatic heterocycles. The summed E-state index contributed by atoms with van der Waals surface area (Å²) in [5, 5.41) is 6.33. The van der Waals surface area contributed by atoms with Crippen LogP contribution >= 0.6 is 0 Å². The Hall–Kier alpha value is -1.65. The van der Waals surface area contributed by atoms with Crippen molar-refractivity contribution >= 4 is 11.9 Å². The zero-order chi connectivity index (χ0) is 15.8. The van der Waals surface area contributed by atoms with E-state index in [1.54, 1.807) is 6.07 Å². The second kappa shape index (κ2) is 8.71. The predicted molar refractivity (Wildman–Crippen MR) is 89.1 cm³/mol. The Morgan fingerprint density at radius 3 is 2.64 bits per heavy atom. The van der Waals surface area contributed by atoms with Gasteiger partial charge in [0.2, 0.25) is 5.95 Å². The molecule has 122 valence electrons. The number of hydrogen-bond donors (Lipinski definition) is 2. The van der Waals surface area contributed by atoms with Crippen molar-refractivity contribution in [2.24, 2.45) is 0 Å². The minimum absolute atomic E-state index is 0.0732. The molecule has 1 amide bonds. The fourth-order valence-electron chi connectivity index (χ4n) is 2.82. The molecule has 5 nitrogen and oxygen atoms in total. The summed E-state index contributed by atoms with van der Waals surface area (Å²) in [5.74, 6) is 0.482. The van der Waals surface area contributed by atoms with Gasteiger partial charge in [-0.2, -0.15) is 0 Å². The molecule has 1 saturated carbocycles. The van der Waals surface area contributed by atoms with E-state index < -0.39 is 0 Å². The maximum atomic E-state index is 12.4. The molecule has 0 spiro atoms. The number of carbonyl (C=O) groups excluding carboxylic acids is 1. The number of rotatable bonds is 6. The van der Waals surface area contributed by atoms with Gasteiger partial charge in [-0.1, -0.05) is 39.0 Å². The number of aryl methyl sites for hydroxylation is 1. The molecule has 1 aliphatic rings. The van der Waals surface area contributed by atoms with Gasteiger partial charge < -0.3 is 10.6 Å². The minimum Gasteiger partial charge on any atom is -0.354 e. The predicted octanol–water partition coefficient (Wildman–Crippen LogP) is 3.45. The number of aromatic nitrogens is 2. The van der Waals surface area contributed by atoms with E-state index >= 15 is 0 Å². The van der Waals surface area contributed by atoms with Gasteiger partial charge >= 0.3 is 0 Å². The van der Waals surface area contributed by atoms with Crippen LogP contribution in [0.15, 0.2) is 6.07 Å². The van der Waals surface area contributed by atoms with E-state index in [1.165, 1.54) is 25.7 Å². The lowest BCUT2D eigenvalue weighted by Crippen LogP contribution is -2.35. The Balaban J connectivity index is 1.98.